The molecule has 0 radical (unpaired) electrons. The van der Waals surface area contributed by atoms with E-state index in [0.29, 0.717) is 12.1 Å². The van der Waals surface area contributed by atoms with Gasteiger partial charge in [0.2, 0.25) is 5.91 Å². The number of nitrogens with one attached hydrogen (secondary N) is 1. The van der Waals surface area contributed by atoms with Crippen LogP contribution in [0.4, 0.5) is 0 Å². The first kappa shape index (κ1) is 21.2. The SMILES string of the molecule is CCCCNC(=O)C(c1cc(C(=O)OC(C)(C)C)ccc1C)N(C)C. The van der Waals surface area contributed by atoms with Crippen LogP contribution < -0.4 is 5.32 Å². The number of hydrogen-bond acceptors (Lipinski definition) is 4. The Morgan fingerprint density at radius 1 is 1.24 bits per heavy atom. The molecule has 5 nitrogen and oxygen atoms in total. The smallest absolute Gasteiger partial charge is 0.338 e. The van der Waals surface area contributed by atoms with E-state index < -0.39 is 11.6 Å². The zero-order valence-electron chi connectivity index (χ0n) is 16.6. The Labute approximate surface area is 151 Å². The normalized spacial score (nSPS) is 12.8. The summed E-state index contributed by atoms with van der Waals surface area (Å²) in [6.45, 7) is 10.2. The number of benzene rings is 1. The van der Waals surface area contributed by atoms with Crippen LogP contribution in [0, 0.1) is 6.92 Å². The van der Waals surface area contributed by atoms with Crippen molar-refractivity contribution in [3.8, 4) is 0 Å². The fourth-order valence-corrected chi connectivity index (χ4v) is 2.54. The number of hydrogen-bond donors (Lipinski definition) is 1. The molecule has 1 aromatic rings. The van der Waals surface area contributed by atoms with Gasteiger partial charge in [-0.15, -0.1) is 0 Å². The highest BCUT2D eigenvalue weighted by Crippen LogP contribution is 2.25. The first-order chi connectivity index (χ1) is 11.6. The number of aryl methyl sites for hydroxylation is 1. The van der Waals surface area contributed by atoms with E-state index in [4.69, 9.17) is 4.74 Å². The lowest BCUT2D eigenvalue weighted by molar-refractivity contribution is -0.125. The summed E-state index contributed by atoms with van der Waals surface area (Å²) in [6.07, 6.45) is 1.98. The van der Waals surface area contributed by atoms with E-state index in [1.54, 1.807) is 12.1 Å². The predicted octanol–water partition coefficient (Wildman–Crippen LogP) is 3.47. The molecule has 0 aromatic heterocycles. The first-order valence-electron chi connectivity index (χ1n) is 8.85. The summed E-state index contributed by atoms with van der Waals surface area (Å²) in [4.78, 5) is 26.9. The summed E-state index contributed by atoms with van der Waals surface area (Å²) >= 11 is 0. The molecule has 25 heavy (non-hydrogen) atoms. The summed E-state index contributed by atoms with van der Waals surface area (Å²) < 4.78 is 5.45. The van der Waals surface area contributed by atoms with Crippen molar-refractivity contribution in [2.75, 3.05) is 20.6 Å². The number of ether oxygens (including phenoxy) is 1. The van der Waals surface area contributed by atoms with Gasteiger partial charge in [-0.05, 0) is 71.5 Å². The van der Waals surface area contributed by atoms with Crippen molar-refractivity contribution in [2.45, 2.75) is 59.1 Å². The van der Waals surface area contributed by atoms with Gasteiger partial charge in [-0.1, -0.05) is 19.4 Å². The number of nitrogens with zero attached hydrogens (tertiary/aromatic N) is 1. The summed E-state index contributed by atoms with van der Waals surface area (Å²) in [7, 11) is 3.73. The van der Waals surface area contributed by atoms with Crippen molar-refractivity contribution >= 4 is 11.9 Å². The number of esters is 1. The maximum absolute atomic E-state index is 12.7. The fourth-order valence-electron chi connectivity index (χ4n) is 2.54. The number of amides is 1. The monoisotopic (exact) mass is 348 g/mol. The van der Waals surface area contributed by atoms with E-state index in [0.717, 1.165) is 24.0 Å². The van der Waals surface area contributed by atoms with Crippen LogP contribution in [0.25, 0.3) is 0 Å². The molecule has 1 N–H and O–H groups in total. The minimum atomic E-state index is -0.555. The second kappa shape index (κ2) is 8.99. The number of unbranched alkanes of at least 4 members (excludes halogenated alkanes) is 1. The fraction of sp³-hybridized carbons (Fsp3) is 0.600. The van der Waals surface area contributed by atoms with Crippen molar-refractivity contribution < 1.29 is 14.3 Å². The molecule has 0 saturated heterocycles. The van der Waals surface area contributed by atoms with Crippen molar-refractivity contribution in [1.82, 2.24) is 10.2 Å². The van der Waals surface area contributed by atoms with E-state index in [1.165, 1.54) is 0 Å². The Hall–Kier alpha value is -1.88. The number of carbonyl (C=O) groups excluding carboxylic acids is 2. The van der Waals surface area contributed by atoms with Crippen LogP contribution in [0.2, 0.25) is 0 Å². The van der Waals surface area contributed by atoms with Gasteiger partial charge in [0.15, 0.2) is 0 Å². The Morgan fingerprint density at radius 2 is 1.88 bits per heavy atom. The van der Waals surface area contributed by atoms with E-state index in [-0.39, 0.29) is 11.9 Å². The third kappa shape index (κ3) is 6.50. The molecule has 0 spiro atoms. The maximum Gasteiger partial charge on any atom is 0.338 e. The van der Waals surface area contributed by atoms with Crippen molar-refractivity contribution in [1.29, 1.82) is 0 Å². The molecule has 0 aliphatic heterocycles. The molecule has 1 amide bonds. The molecule has 0 aliphatic rings. The predicted molar refractivity (Wildman–Crippen MR) is 101 cm³/mol. The van der Waals surface area contributed by atoms with Crippen molar-refractivity contribution in [3.63, 3.8) is 0 Å². The zero-order chi connectivity index (χ0) is 19.2. The Balaban J connectivity index is 3.12. The second-order valence-corrected chi connectivity index (χ2v) is 7.58. The quantitative estimate of drug-likeness (QED) is 0.605. The first-order valence-corrected chi connectivity index (χ1v) is 8.85. The van der Waals surface area contributed by atoms with Gasteiger partial charge in [-0.3, -0.25) is 9.69 Å². The molecule has 5 heteroatoms. The maximum atomic E-state index is 12.7. The van der Waals surface area contributed by atoms with Gasteiger partial charge >= 0.3 is 5.97 Å². The molecule has 0 saturated carbocycles. The Kier molecular flexibility index (Phi) is 7.61. The minimum Gasteiger partial charge on any atom is -0.456 e. The average Bonchev–Trinajstić information content (AvgIpc) is 2.47. The van der Waals surface area contributed by atoms with Gasteiger partial charge < -0.3 is 10.1 Å². The molecule has 140 valence electrons. The van der Waals surface area contributed by atoms with Gasteiger partial charge in [0, 0.05) is 6.54 Å². The van der Waals surface area contributed by atoms with Crippen LogP contribution in [0.15, 0.2) is 18.2 Å². The molecule has 0 bridgehead atoms. The van der Waals surface area contributed by atoms with Crippen molar-refractivity contribution in [3.05, 3.63) is 34.9 Å². The molecule has 1 unspecified atom stereocenters. The largest absolute Gasteiger partial charge is 0.456 e. The van der Waals surface area contributed by atoms with Gasteiger partial charge in [0.25, 0.3) is 0 Å². The number of rotatable bonds is 7. The van der Waals surface area contributed by atoms with E-state index >= 15 is 0 Å². The van der Waals surface area contributed by atoms with Crippen LogP contribution in [0.1, 0.15) is 68.1 Å². The summed E-state index contributed by atoms with van der Waals surface area (Å²) in [5, 5.41) is 2.98. The molecule has 0 heterocycles. The molecule has 1 atom stereocenters. The van der Waals surface area contributed by atoms with Crippen LogP contribution in [-0.4, -0.2) is 43.0 Å². The highest BCUT2D eigenvalue weighted by molar-refractivity contribution is 5.91. The van der Waals surface area contributed by atoms with E-state index in [1.807, 2.05) is 52.8 Å². The number of likely N-dealkylation sites (N-methyl/N-ethyl adjacent to an activating group) is 1. The highest BCUT2D eigenvalue weighted by atomic mass is 16.6. The molecular weight excluding hydrogens is 316 g/mol. The molecule has 0 aliphatic carbocycles. The molecule has 0 fully saturated rings. The Morgan fingerprint density at radius 3 is 2.40 bits per heavy atom. The van der Waals surface area contributed by atoms with Crippen LogP contribution in [-0.2, 0) is 9.53 Å². The average molecular weight is 348 g/mol. The topological polar surface area (TPSA) is 58.6 Å². The van der Waals surface area contributed by atoms with Crippen molar-refractivity contribution in [2.24, 2.45) is 0 Å². The van der Waals surface area contributed by atoms with Crippen LogP contribution in [0.3, 0.4) is 0 Å². The lowest BCUT2D eigenvalue weighted by Gasteiger charge is -2.26. The molecule has 1 aromatic carbocycles. The lowest BCUT2D eigenvalue weighted by atomic mass is 9.97. The van der Waals surface area contributed by atoms with Crippen LogP contribution >= 0.6 is 0 Å². The summed E-state index contributed by atoms with van der Waals surface area (Å²) in [5.74, 6) is -0.430. The van der Waals surface area contributed by atoms with Gasteiger partial charge in [0.05, 0.1) is 5.56 Å². The molecule has 1 rings (SSSR count). The third-order valence-corrected chi connectivity index (χ3v) is 3.80. The molecular formula is C20H32N2O3. The number of carbonyl (C=O) groups is 2. The summed E-state index contributed by atoms with van der Waals surface area (Å²) in [6, 6.07) is 4.94. The van der Waals surface area contributed by atoms with Gasteiger partial charge in [-0.2, -0.15) is 0 Å². The van der Waals surface area contributed by atoms with E-state index in [2.05, 4.69) is 12.2 Å². The van der Waals surface area contributed by atoms with E-state index in [9.17, 15) is 9.59 Å². The Bertz CT molecular complexity index is 603. The summed E-state index contributed by atoms with van der Waals surface area (Å²) in [5.41, 5.74) is 1.70. The van der Waals surface area contributed by atoms with Gasteiger partial charge in [0.1, 0.15) is 11.6 Å². The van der Waals surface area contributed by atoms with Crippen LogP contribution in [0.5, 0.6) is 0 Å². The lowest BCUT2D eigenvalue weighted by Crippen LogP contribution is -2.38. The highest BCUT2D eigenvalue weighted by Gasteiger charge is 2.26. The van der Waals surface area contributed by atoms with Gasteiger partial charge in [-0.25, -0.2) is 4.79 Å². The zero-order valence-corrected chi connectivity index (χ0v) is 16.6. The third-order valence-electron chi connectivity index (χ3n) is 3.80. The standard InChI is InChI=1S/C20H32N2O3/c1-8-9-12-21-18(23)17(22(6)7)16-13-15(11-10-14(16)2)19(24)25-20(3,4)5/h10-11,13,17H,8-9,12H2,1-7H3,(H,21,23). The second-order valence-electron chi connectivity index (χ2n) is 7.58. The minimum absolute atomic E-state index is 0.0529.